The quantitative estimate of drug-likeness (QED) is 0.356. The number of carbonyl (C=O) groups excluding carboxylic acids is 1. The van der Waals surface area contributed by atoms with E-state index < -0.39 is 4.92 Å². The summed E-state index contributed by atoms with van der Waals surface area (Å²) < 4.78 is 1.86. The van der Waals surface area contributed by atoms with E-state index in [2.05, 4.69) is 15.5 Å². The molecular weight excluding hydrogens is 378 g/mol. The van der Waals surface area contributed by atoms with Crippen molar-refractivity contribution >= 4 is 35.1 Å². The van der Waals surface area contributed by atoms with Crippen molar-refractivity contribution in [3.8, 4) is 0 Å². The van der Waals surface area contributed by atoms with Gasteiger partial charge in [-0.25, -0.2) is 0 Å². The van der Waals surface area contributed by atoms with E-state index in [1.54, 1.807) is 30.0 Å². The Bertz CT molecular complexity index is 1020. The first-order valence-corrected chi connectivity index (χ1v) is 9.99. The number of nitro benzene ring substituents is 1. The highest BCUT2D eigenvalue weighted by atomic mass is 32.2. The van der Waals surface area contributed by atoms with Crippen LogP contribution in [-0.2, 0) is 4.79 Å². The van der Waals surface area contributed by atoms with Crippen molar-refractivity contribution in [1.29, 1.82) is 0 Å². The molecular formula is C19H19N5O3S. The Labute approximate surface area is 165 Å². The maximum atomic E-state index is 12.4. The predicted octanol–water partition coefficient (Wildman–Crippen LogP) is 3.26. The van der Waals surface area contributed by atoms with Crippen molar-refractivity contribution in [1.82, 2.24) is 19.9 Å². The summed E-state index contributed by atoms with van der Waals surface area (Å²) in [6.07, 6.45) is 7.49. The average molecular weight is 397 g/mol. The first-order valence-electron chi connectivity index (χ1n) is 8.60. The second-order valence-corrected chi connectivity index (χ2v) is 7.00. The van der Waals surface area contributed by atoms with Gasteiger partial charge in [0.25, 0.3) is 5.69 Å². The molecule has 0 saturated carbocycles. The fourth-order valence-electron chi connectivity index (χ4n) is 2.73. The van der Waals surface area contributed by atoms with Gasteiger partial charge in [0.05, 0.1) is 11.0 Å². The number of fused-ring (bicyclic) bond motifs is 1. The SMILES string of the molecule is CSCCC(NC(=O)/C=C/c1cccc([N+](=O)[O-])c1)c1nnc2ccccn12. The molecule has 1 unspecified atom stereocenters. The fraction of sp³-hybridized carbons (Fsp3) is 0.211. The third kappa shape index (κ3) is 4.74. The van der Waals surface area contributed by atoms with Crippen molar-refractivity contribution in [2.75, 3.05) is 12.0 Å². The molecule has 3 rings (SSSR count). The third-order valence-corrected chi connectivity index (χ3v) is 4.73. The molecule has 8 nitrogen and oxygen atoms in total. The summed E-state index contributed by atoms with van der Waals surface area (Å²) in [4.78, 5) is 22.8. The van der Waals surface area contributed by atoms with Crippen LogP contribution in [-0.4, -0.2) is 37.4 Å². The lowest BCUT2D eigenvalue weighted by molar-refractivity contribution is -0.384. The monoisotopic (exact) mass is 397 g/mol. The molecule has 144 valence electrons. The van der Waals surface area contributed by atoms with Crippen LogP contribution in [0.1, 0.15) is 23.9 Å². The molecule has 0 radical (unpaired) electrons. The van der Waals surface area contributed by atoms with Gasteiger partial charge in [0, 0.05) is 24.4 Å². The molecule has 0 fully saturated rings. The Morgan fingerprint density at radius 3 is 2.96 bits per heavy atom. The summed E-state index contributed by atoms with van der Waals surface area (Å²) >= 11 is 1.68. The topological polar surface area (TPSA) is 102 Å². The maximum absolute atomic E-state index is 12.4. The number of hydrogen-bond donors (Lipinski definition) is 1. The van der Waals surface area contributed by atoms with Gasteiger partial charge in [-0.1, -0.05) is 18.2 Å². The number of non-ortho nitro benzene ring substituents is 1. The average Bonchev–Trinajstić information content (AvgIpc) is 3.14. The number of nitro groups is 1. The van der Waals surface area contributed by atoms with Gasteiger partial charge >= 0.3 is 0 Å². The number of hydrogen-bond acceptors (Lipinski definition) is 6. The van der Waals surface area contributed by atoms with Crippen LogP contribution in [0, 0.1) is 10.1 Å². The molecule has 3 aromatic rings. The number of amides is 1. The second kappa shape index (κ2) is 9.14. The van der Waals surface area contributed by atoms with Gasteiger partial charge in [0.2, 0.25) is 5.91 Å². The minimum absolute atomic E-state index is 0.0182. The molecule has 1 aromatic carbocycles. The lowest BCUT2D eigenvalue weighted by atomic mass is 10.1. The Balaban J connectivity index is 1.76. The summed E-state index contributed by atoms with van der Waals surface area (Å²) in [5.41, 5.74) is 1.28. The third-order valence-electron chi connectivity index (χ3n) is 4.09. The van der Waals surface area contributed by atoms with Gasteiger partial charge in [-0.05, 0) is 42.2 Å². The number of nitrogens with zero attached hydrogens (tertiary/aromatic N) is 4. The minimum Gasteiger partial charge on any atom is -0.342 e. The van der Waals surface area contributed by atoms with Crippen LogP contribution in [0.25, 0.3) is 11.7 Å². The highest BCUT2D eigenvalue weighted by molar-refractivity contribution is 7.98. The first kappa shape index (κ1) is 19.6. The van der Waals surface area contributed by atoms with E-state index in [1.165, 1.54) is 18.2 Å². The number of carbonyl (C=O) groups is 1. The largest absolute Gasteiger partial charge is 0.342 e. The molecule has 2 aromatic heterocycles. The van der Waals surface area contributed by atoms with Crippen LogP contribution in [0.15, 0.2) is 54.7 Å². The van der Waals surface area contributed by atoms with Gasteiger partial charge in [0.15, 0.2) is 11.5 Å². The van der Waals surface area contributed by atoms with Gasteiger partial charge < -0.3 is 5.32 Å². The van der Waals surface area contributed by atoms with Crippen LogP contribution in [0.2, 0.25) is 0 Å². The Kier molecular flexibility index (Phi) is 6.38. The Morgan fingerprint density at radius 2 is 2.18 bits per heavy atom. The second-order valence-electron chi connectivity index (χ2n) is 6.02. The van der Waals surface area contributed by atoms with E-state index in [1.807, 2.05) is 35.1 Å². The smallest absolute Gasteiger partial charge is 0.270 e. The number of benzene rings is 1. The predicted molar refractivity (Wildman–Crippen MR) is 109 cm³/mol. The summed E-state index contributed by atoms with van der Waals surface area (Å²) in [6, 6.07) is 11.4. The van der Waals surface area contributed by atoms with Gasteiger partial charge in [-0.3, -0.25) is 19.3 Å². The molecule has 0 aliphatic rings. The van der Waals surface area contributed by atoms with Crippen molar-refractivity contribution in [2.45, 2.75) is 12.5 Å². The molecule has 0 bridgehead atoms. The van der Waals surface area contributed by atoms with Crippen molar-refractivity contribution < 1.29 is 9.72 Å². The number of nitrogens with one attached hydrogen (secondary N) is 1. The summed E-state index contributed by atoms with van der Waals surface area (Å²) in [5, 5.41) is 22.2. The zero-order chi connectivity index (χ0) is 19.9. The highest BCUT2D eigenvalue weighted by Gasteiger charge is 2.19. The van der Waals surface area contributed by atoms with E-state index >= 15 is 0 Å². The lowest BCUT2D eigenvalue weighted by Gasteiger charge is -2.15. The molecule has 0 aliphatic carbocycles. The first-order chi connectivity index (χ1) is 13.6. The molecule has 1 atom stereocenters. The molecule has 0 spiro atoms. The van der Waals surface area contributed by atoms with Crippen LogP contribution >= 0.6 is 11.8 Å². The Hall–Kier alpha value is -3.20. The van der Waals surface area contributed by atoms with E-state index in [-0.39, 0.29) is 17.6 Å². The molecule has 0 saturated heterocycles. The van der Waals surface area contributed by atoms with E-state index in [0.29, 0.717) is 23.5 Å². The highest BCUT2D eigenvalue weighted by Crippen LogP contribution is 2.19. The number of aromatic nitrogens is 3. The molecule has 2 heterocycles. The van der Waals surface area contributed by atoms with E-state index in [9.17, 15) is 14.9 Å². The van der Waals surface area contributed by atoms with E-state index in [0.717, 1.165) is 5.75 Å². The maximum Gasteiger partial charge on any atom is 0.270 e. The zero-order valence-corrected chi connectivity index (χ0v) is 16.0. The standard InChI is InChI=1S/C19H19N5O3S/c1-28-12-10-16(19-22-21-17-7-2-3-11-23(17)19)20-18(25)9-8-14-5-4-6-15(13-14)24(26)27/h2-9,11,13,16H,10,12H2,1H3,(H,20,25)/b9-8+. The van der Waals surface area contributed by atoms with Gasteiger partial charge in [-0.2, -0.15) is 11.8 Å². The van der Waals surface area contributed by atoms with Crippen molar-refractivity contribution in [3.63, 3.8) is 0 Å². The molecule has 9 heteroatoms. The Morgan fingerprint density at radius 1 is 1.32 bits per heavy atom. The number of rotatable bonds is 8. The lowest BCUT2D eigenvalue weighted by Crippen LogP contribution is -2.29. The van der Waals surface area contributed by atoms with Crippen LogP contribution in [0.5, 0.6) is 0 Å². The summed E-state index contributed by atoms with van der Waals surface area (Å²) in [7, 11) is 0. The van der Waals surface area contributed by atoms with Crippen LogP contribution in [0.3, 0.4) is 0 Å². The number of pyridine rings is 1. The van der Waals surface area contributed by atoms with Gasteiger partial charge in [0.1, 0.15) is 0 Å². The van der Waals surface area contributed by atoms with Crippen molar-refractivity contribution in [2.24, 2.45) is 0 Å². The zero-order valence-electron chi connectivity index (χ0n) is 15.2. The van der Waals surface area contributed by atoms with Gasteiger partial charge in [-0.15, -0.1) is 10.2 Å². The molecule has 28 heavy (non-hydrogen) atoms. The summed E-state index contributed by atoms with van der Waals surface area (Å²) in [5.74, 6) is 1.22. The summed E-state index contributed by atoms with van der Waals surface area (Å²) in [6.45, 7) is 0. The number of thioether (sulfide) groups is 1. The van der Waals surface area contributed by atoms with Crippen LogP contribution in [0.4, 0.5) is 5.69 Å². The van der Waals surface area contributed by atoms with Crippen LogP contribution < -0.4 is 5.32 Å². The normalized spacial score (nSPS) is 12.3. The van der Waals surface area contributed by atoms with E-state index in [4.69, 9.17) is 0 Å². The molecule has 0 aliphatic heterocycles. The minimum atomic E-state index is -0.466. The molecule has 1 N–H and O–H groups in total. The molecule has 1 amide bonds. The fourth-order valence-corrected chi connectivity index (χ4v) is 3.20. The van der Waals surface area contributed by atoms with Crippen molar-refractivity contribution in [3.05, 3.63) is 76.2 Å².